The van der Waals surface area contributed by atoms with Crippen molar-refractivity contribution in [1.29, 1.82) is 0 Å². The first-order valence-corrected chi connectivity index (χ1v) is 11.8. The van der Waals surface area contributed by atoms with Gasteiger partial charge < -0.3 is 9.64 Å². The van der Waals surface area contributed by atoms with Gasteiger partial charge in [0.2, 0.25) is 11.8 Å². The molecule has 3 aromatic rings. The quantitative estimate of drug-likeness (QED) is 0.443. The maximum absolute atomic E-state index is 13.9. The number of imide groups is 1. The van der Waals surface area contributed by atoms with Crippen molar-refractivity contribution in [3.05, 3.63) is 90.5 Å². The van der Waals surface area contributed by atoms with Crippen molar-refractivity contribution < 1.29 is 23.9 Å². The van der Waals surface area contributed by atoms with E-state index in [1.54, 1.807) is 79.8 Å². The molecule has 1 atom stereocenters. The summed E-state index contributed by atoms with van der Waals surface area (Å²) in [7, 11) is 2.87. The second kappa shape index (κ2) is 12.0. The molecule has 3 rings (SSSR count). The fourth-order valence-electron chi connectivity index (χ4n) is 3.61. The zero-order valence-electron chi connectivity index (χ0n) is 21.8. The normalized spacial score (nSPS) is 12.0. The number of nitrogens with zero attached hydrogens (tertiary/aromatic N) is 3. The predicted molar refractivity (Wildman–Crippen MR) is 144 cm³/mol. The molecule has 3 N–H and O–H groups in total. The number of carbonyl (C=O) groups is 4. The molecule has 0 bridgehead atoms. The van der Waals surface area contributed by atoms with Crippen LogP contribution in [0.3, 0.4) is 0 Å². The number of aryl methyl sites for hydroxylation is 1. The lowest BCUT2D eigenvalue weighted by atomic mass is 10.2. The van der Waals surface area contributed by atoms with E-state index in [1.807, 2.05) is 19.1 Å². The number of carbonyl (C=O) groups excluding carboxylic acids is 4. The number of hydrogen-bond donors (Lipinski definition) is 2. The first kappa shape index (κ1) is 27.9. The molecule has 0 aliphatic heterocycles. The van der Waals surface area contributed by atoms with Crippen LogP contribution in [0.1, 0.15) is 12.5 Å². The van der Waals surface area contributed by atoms with Crippen LogP contribution in [0.4, 0.5) is 16.2 Å². The van der Waals surface area contributed by atoms with Crippen molar-refractivity contribution in [3.63, 3.8) is 0 Å². The van der Waals surface area contributed by atoms with Crippen molar-refractivity contribution in [1.82, 2.24) is 10.2 Å². The topological polar surface area (TPSA) is 125 Å². The summed E-state index contributed by atoms with van der Waals surface area (Å²) in [6.07, 6.45) is 0. The zero-order chi connectivity index (χ0) is 27.9. The SMILES string of the molecule is CC(=O)NC(=O)C(N)(Oc1ccccc1)N(C)C(=O)N(CC(=O)N(C)c1ccccc1)c1cccc(C)c1. The summed E-state index contributed by atoms with van der Waals surface area (Å²) in [5.74, 6) is -4.37. The molecule has 1 unspecified atom stereocenters. The van der Waals surface area contributed by atoms with Gasteiger partial charge in [0.05, 0.1) is 0 Å². The third-order valence-electron chi connectivity index (χ3n) is 5.77. The molecule has 3 aromatic carbocycles. The largest absolute Gasteiger partial charge is 0.446 e. The number of para-hydroxylation sites is 2. The van der Waals surface area contributed by atoms with Crippen molar-refractivity contribution >= 4 is 35.1 Å². The van der Waals surface area contributed by atoms with E-state index < -0.39 is 23.7 Å². The van der Waals surface area contributed by atoms with Crippen molar-refractivity contribution in [2.45, 2.75) is 19.7 Å². The molecule has 0 saturated heterocycles. The highest BCUT2D eigenvalue weighted by Gasteiger charge is 2.46. The minimum atomic E-state index is -2.43. The van der Waals surface area contributed by atoms with Gasteiger partial charge in [0.15, 0.2) is 0 Å². The number of ether oxygens (including phenoxy) is 1. The number of rotatable bonds is 8. The van der Waals surface area contributed by atoms with E-state index in [0.29, 0.717) is 11.4 Å². The lowest BCUT2D eigenvalue weighted by Gasteiger charge is -2.39. The van der Waals surface area contributed by atoms with E-state index in [9.17, 15) is 19.2 Å². The molecular formula is C28H31N5O5. The minimum Gasteiger partial charge on any atom is -0.446 e. The highest BCUT2D eigenvalue weighted by atomic mass is 16.5. The first-order valence-electron chi connectivity index (χ1n) is 11.8. The lowest BCUT2D eigenvalue weighted by molar-refractivity contribution is -0.151. The van der Waals surface area contributed by atoms with Crippen LogP contribution in [0.15, 0.2) is 84.9 Å². The molecule has 10 heteroatoms. The molecule has 0 aromatic heterocycles. The van der Waals surface area contributed by atoms with Crippen LogP contribution < -0.4 is 25.6 Å². The molecule has 10 nitrogen and oxygen atoms in total. The standard InChI is InChI=1S/C28H31N5O5/c1-20-12-11-15-23(18-20)33(19-25(35)31(3)22-13-7-5-8-14-22)27(37)32(4)28(29,26(36)30-21(2)34)38-24-16-9-6-10-17-24/h5-18H,19,29H2,1-4H3,(H,30,34,36). The number of nitrogens with two attached hydrogens (primary N) is 1. The fourth-order valence-corrected chi connectivity index (χ4v) is 3.61. The van der Waals surface area contributed by atoms with E-state index >= 15 is 0 Å². The van der Waals surface area contributed by atoms with Crippen molar-refractivity contribution in [2.24, 2.45) is 5.73 Å². The minimum absolute atomic E-state index is 0.190. The molecule has 0 radical (unpaired) electrons. The van der Waals surface area contributed by atoms with Gasteiger partial charge in [-0.15, -0.1) is 0 Å². The van der Waals surface area contributed by atoms with Gasteiger partial charge in [-0.2, -0.15) is 0 Å². The van der Waals surface area contributed by atoms with Gasteiger partial charge in [-0.1, -0.05) is 48.5 Å². The summed E-state index contributed by atoms with van der Waals surface area (Å²) in [5, 5.41) is 2.09. The molecule has 198 valence electrons. The van der Waals surface area contributed by atoms with Crippen LogP contribution in [0.5, 0.6) is 5.75 Å². The third-order valence-corrected chi connectivity index (χ3v) is 5.77. The highest BCUT2D eigenvalue weighted by molar-refractivity contribution is 6.05. The molecule has 38 heavy (non-hydrogen) atoms. The summed E-state index contributed by atoms with van der Waals surface area (Å²) >= 11 is 0. The maximum atomic E-state index is 13.9. The fraction of sp³-hybridized carbons (Fsp3) is 0.214. The monoisotopic (exact) mass is 517 g/mol. The number of nitrogens with one attached hydrogen (secondary N) is 1. The van der Waals surface area contributed by atoms with E-state index in [1.165, 1.54) is 16.8 Å². The summed E-state index contributed by atoms with van der Waals surface area (Å²) in [6, 6.07) is 23.3. The number of likely N-dealkylation sites (N-methyl/N-ethyl adjacent to an activating group) is 2. The Morgan fingerprint density at radius 1 is 0.868 bits per heavy atom. The number of hydrogen-bond acceptors (Lipinski definition) is 6. The van der Waals surface area contributed by atoms with Gasteiger partial charge in [0, 0.05) is 32.4 Å². The third kappa shape index (κ3) is 6.54. The summed E-state index contributed by atoms with van der Waals surface area (Å²) in [4.78, 5) is 55.5. The Bertz CT molecular complexity index is 1300. The van der Waals surface area contributed by atoms with Gasteiger partial charge >= 0.3 is 17.8 Å². The average molecular weight is 518 g/mol. The number of amides is 5. The Labute approximate surface area is 221 Å². The second-order valence-corrected chi connectivity index (χ2v) is 8.68. The Kier molecular flexibility index (Phi) is 8.82. The number of urea groups is 1. The number of anilines is 2. The van der Waals surface area contributed by atoms with E-state index in [4.69, 9.17) is 10.5 Å². The smallest absolute Gasteiger partial charge is 0.329 e. The van der Waals surface area contributed by atoms with Crippen LogP contribution in [-0.4, -0.2) is 55.1 Å². The molecule has 0 aliphatic rings. The van der Waals surface area contributed by atoms with Crippen LogP contribution in [0.2, 0.25) is 0 Å². The van der Waals surface area contributed by atoms with Gasteiger partial charge in [-0.05, 0) is 48.9 Å². The van der Waals surface area contributed by atoms with Crippen LogP contribution in [0.25, 0.3) is 0 Å². The second-order valence-electron chi connectivity index (χ2n) is 8.68. The summed E-state index contributed by atoms with van der Waals surface area (Å²) in [5.41, 5.74) is 8.29. The Balaban J connectivity index is 2.00. The van der Waals surface area contributed by atoms with Crippen LogP contribution in [0, 0.1) is 6.92 Å². The van der Waals surface area contributed by atoms with E-state index in [-0.39, 0.29) is 18.2 Å². The summed E-state index contributed by atoms with van der Waals surface area (Å²) in [6.45, 7) is 2.62. The average Bonchev–Trinajstić information content (AvgIpc) is 2.90. The van der Waals surface area contributed by atoms with Crippen molar-refractivity contribution in [3.8, 4) is 5.75 Å². The van der Waals surface area contributed by atoms with Gasteiger partial charge in [-0.3, -0.25) is 35.2 Å². The van der Waals surface area contributed by atoms with Crippen molar-refractivity contribution in [2.75, 3.05) is 30.4 Å². The number of benzene rings is 3. The molecule has 5 amide bonds. The molecule has 0 spiro atoms. The Hall–Kier alpha value is -4.70. The van der Waals surface area contributed by atoms with E-state index in [2.05, 4.69) is 5.32 Å². The van der Waals surface area contributed by atoms with E-state index in [0.717, 1.165) is 17.4 Å². The van der Waals surface area contributed by atoms with Crippen LogP contribution >= 0.6 is 0 Å². The Morgan fingerprint density at radius 3 is 2.03 bits per heavy atom. The zero-order valence-corrected chi connectivity index (χ0v) is 21.8. The maximum Gasteiger partial charge on any atom is 0.329 e. The first-order chi connectivity index (χ1) is 18.0. The molecule has 0 saturated carbocycles. The molecule has 0 heterocycles. The molecule has 0 fully saturated rings. The molecule has 0 aliphatic carbocycles. The lowest BCUT2D eigenvalue weighted by Crippen LogP contribution is -2.71. The van der Waals surface area contributed by atoms with Gasteiger partial charge in [0.25, 0.3) is 0 Å². The predicted octanol–water partition coefficient (Wildman–Crippen LogP) is 2.87. The van der Waals surface area contributed by atoms with Crippen LogP contribution in [-0.2, 0) is 14.4 Å². The molecular weight excluding hydrogens is 486 g/mol. The Morgan fingerprint density at radius 2 is 1.45 bits per heavy atom. The van der Waals surface area contributed by atoms with Gasteiger partial charge in [0.1, 0.15) is 12.3 Å². The van der Waals surface area contributed by atoms with Gasteiger partial charge in [-0.25, -0.2) is 4.79 Å². The summed E-state index contributed by atoms with van der Waals surface area (Å²) < 4.78 is 5.78. The highest BCUT2D eigenvalue weighted by Crippen LogP contribution is 2.23.